The number of rotatable bonds is 16. The predicted molar refractivity (Wildman–Crippen MR) is 183 cm³/mol. The summed E-state index contributed by atoms with van der Waals surface area (Å²) in [6.45, 7) is 3.93. The SMILES string of the molecule is COc1ccc(/C=C/CCCCOc2ccc(N(S(=O)(=O)c3ccc(C)cc3)S(=O)(=O)c3ccc(C)cc3)cc2CCC(=O)O)cc1. The number of unbranched alkanes of at least 4 members (excludes halogenated alkanes) is 2. The lowest BCUT2D eigenvalue weighted by Gasteiger charge is -2.25. The number of carbonyl (C=O) groups is 1. The highest BCUT2D eigenvalue weighted by molar-refractivity contribution is 8.10. The van der Waals surface area contributed by atoms with E-state index in [2.05, 4.69) is 6.08 Å². The van der Waals surface area contributed by atoms with Gasteiger partial charge in [0.15, 0.2) is 0 Å². The van der Waals surface area contributed by atoms with Gasteiger partial charge < -0.3 is 14.6 Å². The van der Waals surface area contributed by atoms with Crippen LogP contribution in [0.15, 0.2) is 107 Å². The molecule has 0 atom stereocenters. The molecule has 0 aliphatic rings. The van der Waals surface area contributed by atoms with Crippen LogP contribution in [0.4, 0.5) is 5.69 Å². The highest BCUT2D eigenvalue weighted by Crippen LogP contribution is 2.35. The second kappa shape index (κ2) is 15.8. The summed E-state index contributed by atoms with van der Waals surface area (Å²) in [6.07, 6.45) is 6.23. The molecule has 0 spiro atoms. The molecular weight excluding hydrogens is 639 g/mol. The third-order valence-corrected chi connectivity index (χ3v) is 11.6. The summed E-state index contributed by atoms with van der Waals surface area (Å²) >= 11 is 0. The Labute approximate surface area is 277 Å². The molecule has 47 heavy (non-hydrogen) atoms. The third kappa shape index (κ3) is 9.24. The van der Waals surface area contributed by atoms with Gasteiger partial charge in [-0.1, -0.05) is 59.7 Å². The van der Waals surface area contributed by atoms with Gasteiger partial charge in [0.2, 0.25) is 0 Å². The molecule has 4 rings (SSSR count). The van der Waals surface area contributed by atoms with E-state index in [1.54, 1.807) is 45.2 Å². The van der Waals surface area contributed by atoms with Gasteiger partial charge in [0.05, 0.1) is 29.2 Å². The average Bonchev–Trinajstić information content (AvgIpc) is 3.04. The molecule has 0 aliphatic heterocycles. The summed E-state index contributed by atoms with van der Waals surface area (Å²) in [5, 5.41) is 9.39. The van der Waals surface area contributed by atoms with Crippen molar-refractivity contribution in [1.82, 2.24) is 0 Å². The highest BCUT2D eigenvalue weighted by atomic mass is 32.3. The van der Waals surface area contributed by atoms with Gasteiger partial charge in [0.25, 0.3) is 20.0 Å². The molecule has 0 fully saturated rings. The van der Waals surface area contributed by atoms with E-state index in [-0.39, 0.29) is 28.3 Å². The molecule has 248 valence electrons. The lowest BCUT2D eigenvalue weighted by molar-refractivity contribution is -0.136. The zero-order chi connectivity index (χ0) is 34.0. The van der Waals surface area contributed by atoms with Crippen LogP contribution < -0.4 is 13.2 Å². The van der Waals surface area contributed by atoms with E-state index in [0.717, 1.165) is 35.3 Å². The monoisotopic (exact) mass is 677 g/mol. The molecule has 0 unspecified atom stereocenters. The molecule has 0 saturated heterocycles. The summed E-state index contributed by atoms with van der Waals surface area (Å²) in [6, 6.07) is 23.8. The van der Waals surface area contributed by atoms with Crippen LogP contribution >= 0.6 is 0 Å². The van der Waals surface area contributed by atoms with Crippen molar-refractivity contribution in [3.05, 3.63) is 119 Å². The molecule has 0 amide bonds. The van der Waals surface area contributed by atoms with Crippen LogP contribution in [0.2, 0.25) is 0 Å². The molecule has 0 heterocycles. The number of ether oxygens (including phenoxy) is 2. The number of carboxylic acid groups (broad SMARTS) is 1. The Morgan fingerprint density at radius 1 is 0.787 bits per heavy atom. The number of benzene rings is 4. The molecule has 4 aromatic carbocycles. The minimum absolute atomic E-state index is 0.00606. The first-order valence-electron chi connectivity index (χ1n) is 15.1. The molecule has 1 N–H and O–H groups in total. The van der Waals surface area contributed by atoms with Gasteiger partial charge in [-0.15, -0.1) is 0 Å². The standard InChI is InChI=1S/C36H39NO8S2/c1-27-9-19-33(20-10-27)46(40,41)37(47(42,43)34-21-11-28(2)12-22-34)31-16-23-35(30(26-31)15-24-36(38)39)45-25-7-5-4-6-8-29-13-17-32(44-3)18-14-29/h6,8-14,16-23,26H,4-5,7,15,24-25H2,1-3H3,(H,38,39)/b8-6+. The lowest BCUT2D eigenvalue weighted by atomic mass is 10.1. The van der Waals surface area contributed by atoms with Gasteiger partial charge >= 0.3 is 5.97 Å². The maximum atomic E-state index is 14.0. The highest BCUT2D eigenvalue weighted by Gasteiger charge is 2.37. The van der Waals surface area contributed by atoms with Crippen molar-refractivity contribution in [3.8, 4) is 11.5 Å². The van der Waals surface area contributed by atoms with Crippen molar-refractivity contribution >= 4 is 37.8 Å². The van der Waals surface area contributed by atoms with Gasteiger partial charge in [-0.05, 0) is 105 Å². The van der Waals surface area contributed by atoms with Crippen molar-refractivity contribution in [1.29, 1.82) is 0 Å². The van der Waals surface area contributed by atoms with Gasteiger partial charge in [-0.25, -0.2) is 16.8 Å². The van der Waals surface area contributed by atoms with E-state index in [0.29, 0.717) is 28.1 Å². The van der Waals surface area contributed by atoms with Crippen LogP contribution in [0.3, 0.4) is 0 Å². The summed E-state index contributed by atoms with van der Waals surface area (Å²) in [5.74, 6) is 0.106. The van der Waals surface area contributed by atoms with Crippen LogP contribution in [0.1, 0.15) is 47.9 Å². The number of aliphatic carboxylic acids is 1. The Morgan fingerprint density at radius 2 is 1.36 bits per heavy atom. The number of aryl methyl sites for hydroxylation is 3. The maximum absolute atomic E-state index is 14.0. The molecule has 0 bridgehead atoms. The zero-order valence-electron chi connectivity index (χ0n) is 26.6. The fraction of sp³-hybridized carbons (Fsp3) is 0.250. The van der Waals surface area contributed by atoms with Crippen molar-refractivity contribution in [2.24, 2.45) is 0 Å². The Morgan fingerprint density at radius 3 is 1.89 bits per heavy atom. The van der Waals surface area contributed by atoms with E-state index < -0.39 is 26.0 Å². The minimum atomic E-state index is -4.63. The molecule has 0 saturated carbocycles. The molecular formula is C36H39NO8S2. The first-order valence-corrected chi connectivity index (χ1v) is 18.0. The van der Waals surface area contributed by atoms with Crippen LogP contribution in [0, 0.1) is 13.8 Å². The second-order valence-electron chi connectivity index (χ2n) is 11.0. The Hall–Kier alpha value is -4.61. The van der Waals surface area contributed by atoms with Gasteiger partial charge in [0, 0.05) is 6.42 Å². The van der Waals surface area contributed by atoms with E-state index in [9.17, 15) is 26.7 Å². The van der Waals surface area contributed by atoms with Crippen LogP contribution in [-0.2, 0) is 31.3 Å². The second-order valence-corrected chi connectivity index (χ2v) is 14.8. The molecule has 11 heteroatoms. The van der Waals surface area contributed by atoms with Crippen molar-refractivity contribution in [2.75, 3.05) is 17.4 Å². The maximum Gasteiger partial charge on any atom is 0.303 e. The number of allylic oxidation sites excluding steroid dienone is 1. The number of hydrogen-bond acceptors (Lipinski definition) is 7. The van der Waals surface area contributed by atoms with Crippen LogP contribution in [-0.4, -0.2) is 41.6 Å². The molecule has 9 nitrogen and oxygen atoms in total. The third-order valence-electron chi connectivity index (χ3n) is 7.39. The fourth-order valence-electron chi connectivity index (χ4n) is 4.76. The molecule has 0 aromatic heterocycles. The average molecular weight is 678 g/mol. The first kappa shape index (κ1) is 35.2. The van der Waals surface area contributed by atoms with E-state index in [4.69, 9.17) is 9.47 Å². The minimum Gasteiger partial charge on any atom is -0.497 e. The largest absolute Gasteiger partial charge is 0.497 e. The number of sulfonamides is 2. The van der Waals surface area contributed by atoms with E-state index in [1.165, 1.54) is 42.5 Å². The van der Waals surface area contributed by atoms with Crippen LogP contribution in [0.25, 0.3) is 6.08 Å². The number of carboxylic acids is 1. The molecule has 0 radical (unpaired) electrons. The van der Waals surface area contributed by atoms with Crippen molar-refractivity contribution < 1.29 is 36.2 Å². The Bertz CT molecular complexity index is 1830. The zero-order valence-corrected chi connectivity index (χ0v) is 28.3. The van der Waals surface area contributed by atoms with E-state index in [1.807, 2.05) is 30.3 Å². The smallest absolute Gasteiger partial charge is 0.303 e. The Kier molecular flexibility index (Phi) is 11.8. The number of methoxy groups -OCH3 is 1. The number of hydrogen-bond donors (Lipinski definition) is 1. The molecule has 0 aliphatic carbocycles. The normalized spacial score (nSPS) is 11.8. The van der Waals surface area contributed by atoms with Crippen molar-refractivity contribution in [2.45, 2.75) is 55.7 Å². The lowest BCUT2D eigenvalue weighted by Crippen LogP contribution is -2.37. The summed E-state index contributed by atoms with van der Waals surface area (Å²) < 4.78 is 67.7. The van der Waals surface area contributed by atoms with E-state index >= 15 is 0 Å². The molecule has 4 aromatic rings. The van der Waals surface area contributed by atoms with Gasteiger partial charge in [0.1, 0.15) is 11.5 Å². The summed E-state index contributed by atoms with van der Waals surface area (Å²) in [4.78, 5) is 11.1. The van der Waals surface area contributed by atoms with Crippen LogP contribution in [0.5, 0.6) is 11.5 Å². The number of anilines is 1. The topological polar surface area (TPSA) is 127 Å². The number of nitrogens with zero attached hydrogens (tertiary/aromatic N) is 1. The fourth-order valence-corrected chi connectivity index (χ4v) is 8.43. The quantitative estimate of drug-likeness (QED) is 0.124. The van der Waals surface area contributed by atoms with Gasteiger partial charge in [-0.2, -0.15) is 3.71 Å². The summed E-state index contributed by atoms with van der Waals surface area (Å²) in [7, 11) is -7.63. The summed E-state index contributed by atoms with van der Waals surface area (Å²) in [5.41, 5.74) is 2.91. The Balaban J connectivity index is 1.59. The van der Waals surface area contributed by atoms with Crippen molar-refractivity contribution in [3.63, 3.8) is 0 Å². The van der Waals surface area contributed by atoms with Gasteiger partial charge in [-0.3, -0.25) is 4.79 Å². The first-order chi connectivity index (χ1) is 22.4. The predicted octanol–water partition coefficient (Wildman–Crippen LogP) is 7.18.